The molecule has 101 heavy (non-hydrogen) atoms. The minimum atomic E-state index is -0.174. The molecule has 11 nitrogen and oxygen atoms in total. The predicted octanol–water partition coefficient (Wildman–Crippen LogP) is 20.5. The second-order valence-corrected chi connectivity index (χ2v) is 37.6. The number of hydrogen-bond donors (Lipinski definition) is 2. The molecule has 0 bridgehead atoms. The van der Waals surface area contributed by atoms with Crippen molar-refractivity contribution in [1.82, 2.24) is 0 Å². The molecule has 22 atom stereocenters. The summed E-state index contributed by atoms with van der Waals surface area (Å²) >= 11 is 0. The number of fused-ring (bicyclic) bond motifs is 20. The largest absolute Gasteiger partial charge is 0.396 e. The quantitative estimate of drug-likeness (QED) is 0.207. The monoisotopic (exact) mass is 1370 g/mol. The van der Waals surface area contributed by atoms with Gasteiger partial charge in [0.2, 0.25) is 0 Å². The lowest BCUT2D eigenvalue weighted by Crippen LogP contribution is -2.54. The van der Waals surface area contributed by atoms with Crippen LogP contribution in [0.4, 0.5) is 0 Å². The summed E-state index contributed by atoms with van der Waals surface area (Å²) in [5, 5.41) is 20.0. The molecule has 540 valence electrons. The van der Waals surface area contributed by atoms with Crippen molar-refractivity contribution < 1.29 is 34.2 Å². The molecule has 0 unspecified atom stereocenters. The van der Waals surface area contributed by atoms with Crippen LogP contribution in [0.15, 0.2) is 91.7 Å². The van der Waals surface area contributed by atoms with Gasteiger partial charge in [-0.05, 0) is 277 Å². The molecule has 0 aromatic rings. The lowest BCUT2D eigenvalue weighted by atomic mass is 9.45. The fourth-order valence-corrected chi connectivity index (χ4v) is 28.6. The van der Waals surface area contributed by atoms with Crippen LogP contribution in [0, 0.1) is 152 Å². The van der Waals surface area contributed by atoms with Gasteiger partial charge in [-0.25, -0.2) is 19.4 Å². The third kappa shape index (κ3) is 11.5. The van der Waals surface area contributed by atoms with Crippen LogP contribution in [-0.4, -0.2) is 52.3 Å². The van der Waals surface area contributed by atoms with Crippen LogP contribution < -0.4 is 0 Å². The summed E-state index contributed by atoms with van der Waals surface area (Å²) in [6, 6.07) is 0. The Bertz CT molecular complexity index is 3940. The van der Waals surface area contributed by atoms with Crippen molar-refractivity contribution in [2.24, 2.45) is 126 Å². The standard InChI is InChI=1S/2C23H31NO2.C22H27NO2.C22H29NO/c1-14(24-4)19-7-8-20-18-6-5-16-11-17(26)9-10-22(16,2)21(18)15(13-25)12-23(19,20)3;1-14(24-4)18-7-8-19-17-6-5-16-11-21(26)15(13-25)12-23(16,3)20(17)9-10-22(18,19)2;1-13(23-4)17-7-8-18-16-6-5-14-11-15(24)9-10-21(14,2)20(16)19(25)12-22(17,18)3;1-14(23-4)18-7-8-19-17-6-5-15-13-16(24)9-11-21(15,2)20(17)10-12-22(18,19)3/h5,15,18,20-21,25H,6-13H2,1-3H3;5,15,17,19-20,25H,6-13H2,1-3H3;5,16,18,20H,6-12H2,1-3H3;5,17,19-20H,6-13H2,1-3H3/b19-14-;18-14-;17-13-;18-14-/t15-,18+,20+,21+,22+,23-;15-,17+,19+,20+,22-,23+;16-,18-,20+,21-,22+;17-,19-,20-,21-,22+/m1100/s1. The van der Waals surface area contributed by atoms with Gasteiger partial charge in [0.15, 0.2) is 22.8 Å². The first-order valence-electron chi connectivity index (χ1n) is 39.8. The molecule has 0 amide bonds. The Morgan fingerprint density at radius 2 is 0.752 bits per heavy atom. The van der Waals surface area contributed by atoms with Gasteiger partial charge in [-0.2, -0.15) is 0 Å². The van der Waals surface area contributed by atoms with E-state index in [1.807, 2.05) is 27.7 Å². The Morgan fingerprint density at radius 3 is 1.22 bits per heavy atom. The van der Waals surface area contributed by atoms with E-state index in [0.717, 1.165) is 137 Å². The van der Waals surface area contributed by atoms with E-state index >= 15 is 0 Å². The van der Waals surface area contributed by atoms with Crippen LogP contribution in [0.5, 0.6) is 0 Å². The third-order valence-corrected chi connectivity index (χ3v) is 33.7. The molecular weight excluding hydrogens is 1250 g/mol. The predicted molar refractivity (Wildman–Crippen MR) is 396 cm³/mol. The summed E-state index contributed by atoms with van der Waals surface area (Å²) in [6.45, 7) is 56.8. The number of carbonyl (C=O) groups is 5. The van der Waals surface area contributed by atoms with E-state index in [1.54, 1.807) is 0 Å². The lowest BCUT2D eigenvalue weighted by Gasteiger charge is -2.59. The lowest BCUT2D eigenvalue weighted by molar-refractivity contribution is -0.142. The first-order valence-corrected chi connectivity index (χ1v) is 39.8. The van der Waals surface area contributed by atoms with Gasteiger partial charge in [0.1, 0.15) is 28.9 Å². The van der Waals surface area contributed by atoms with Gasteiger partial charge in [-0.15, -0.1) is 0 Å². The number of nitrogens with zero attached hydrogens (tertiary/aromatic N) is 4. The molecular formula is C90H118N4O7. The number of aliphatic hydroxyl groups excluding tert-OH is 2. The molecule has 12 fully saturated rings. The molecule has 0 heterocycles. The van der Waals surface area contributed by atoms with Crippen molar-refractivity contribution in [3.05, 3.63) is 137 Å². The fourth-order valence-electron chi connectivity index (χ4n) is 28.6. The van der Waals surface area contributed by atoms with Crippen molar-refractivity contribution >= 4 is 28.9 Å². The summed E-state index contributed by atoms with van der Waals surface area (Å²) in [6.07, 6.45) is 37.3. The van der Waals surface area contributed by atoms with Gasteiger partial charge in [0.05, 0.1) is 32.9 Å². The highest BCUT2D eigenvalue weighted by molar-refractivity contribution is 5.89. The Morgan fingerprint density at radius 1 is 0.386 bits per heavy atom. The molecule has 2 N–H and O–H groups in total. The molecule has 11 heteroatoms. The zero-order chi connectivity index (χ0) is 72.5. The number of allylic oxidation sites excluding steroid dienone is 16. The van der Waals surface area contributed by atoms with Gasteiger partial charge in [0, 0.05) is 69.8 Å². The first-order chi connectivity index (χ1) is 47.9. The summed E-state index contributed by atoms with van der Waals surface area (Å²) in [4.78, 5) is 76.6. The number of rotatable bonds is 2. The maximum Gasteiger partial charge on any atom is 0.162 e. The van der Waals surface area contributed by atoms with E-state index in [-0.39, 0.29) is 80.1 Å². The van der Waals surface area contributed by atoms with Crippen molar-refractivity contribution in [3.63, 3.8) is 0 Å². The molecule has 16 aliphatic carbocycles. The average molecular weight is 1370 g/mol. The highest BCUT2D eigenvalue weighted by atomic mass is 16.3. The van der Waals surface area contributed by atoms with Gasteiger partial charge < -0.3 is 10.2 Å². The summed E-state index contributed by atoms with van der Waals surface area (Å²) in [7, 11) is 0. The third-order valence-electron chi connectivity index (χ3n) is 33.7. The second kappa shape index (κ2) is 26.9. The minimum absolute atomic E-state index is 0.00266. The van der Waals surface area contributed by atoms with Gasteiger partial charge in [-0.3, -0.25) is 24.0 Å². The fraction of sp³-hybridized carbons (Fsp3) is 0.722. The second-order valence-electron chi connectivity index (χ2n) is 37.6. The van der Waals surface area contributed by atoms with Crippen LogP contribution in [0.25, 0.3) is 19.4 Å². The van der Waals surface area contributed by atoms with Crippen molar-refractivity contribution in [1.29, 1.82) is 0 Å². The Labute approximate surface area is 605 Å². The maximum atomic E-state index is 13.4. The summed E-state index contributed by atoms with van der Waals surface area (Å²) < 4.78 is 0. The van der Waals surface area contributed by atoms with Crippen molar-refractivity contribution in [2.75, 3.05) is 13.2 Å². The zero-order valence-corrected chi connectivity index (χ0v) is 63.5. The van der Waals surface area contributed by atoms with E-state index in [1.165, 1.54) is 89.5 Å². The van der Waals surface area contributed by atoms with Gasteiger partial charge in [0.25, 0.3) is 0 Å². The highest BCUT2D eigenvalue weighted by Gasteiger charge is 2.64. The normalized spacial score (nSPS) is 46.1. The molecule has 0 radical (unpaired) electrons. The molecule has 12 saturated carbocycles. The van der Waals surface area contributed by atoms with Gasteiger partial charge in [-0.1, -0.05) is 124 Å². The Hall–Kier alpha value is -5.85. The van der Waals surface area contributed by atoms with Gasteiger partial charge >= 0.3 is 0 Å². The van der Waals surface area contributed by atoms with Crippen molar-refractivity contribution in [2.45, 2.75) is 269 Å². The Balaban J connectivity index is 0.000000120. The molecule has 0 aliphatic heterocycles. The topological polar surface area (TPSA) is 143 Å². The average Bonchev–Trinajstić information content (AvgIpc) is 1.71. The van der Waals surface area contributed by atoms with E-state index in [4.69, 9.17) is 26.3 Å². The van der Waals surface area contributed by atoms with Crippen LogP contribution in [0.2, 0.25) is 0 Å². The van der Waals surface area contributed by atoms with Crippen LogP contribution in [0.1, 0.15) is 269 Å². The van der Waals surface area contributed by atoms with E-state index in [2.05, 4.69) is 99.1 Å². The number of carbonyl (C=O) groups excluding carboxylic acids is 5. The molecule has 0 aromatic carbocycles. The van der Waals surface area contributed by atoms with Crippen LogP contribution in [-0.2, 0) is 24.0 Å². The molecule has 16 aliphatic rings. The zero-order valence-electron chi connectivity index (χ0n) is 63.5. The molecule has 0 aromatic heterocycles. The SMILES string of the molecule is [C-]#[N+]/C(C)=C1/CC[C@H]2[C@@H]3CC=C4CC(=O)CC[C@]4(C)[C@H]3C(=O)C[C@]12C.[C-]#[N+]/C(C)=C1/CC[C@H]2[C@@H]3CC=C4CC(=O)CC[C@]4(C)[C@H]3CC[C@]12C.[C-]#[N+]/C(C)=C1/CC[C@H]2[C@@H]3CC=C4CC(=O)CC[C@]4(C)[C@H]3[C@@H](CO)C[C@]12C.[C-]#[N+]/C(C)=C1/CC[C@H]2[C@@H]3CC=C4CC(=O)[C@@H](CO)C[C@]4(C)[C@H]3CC[C@]12C. The van der Waals surface area contributed by atoms with Crippen molar-refractivity contribution in [3.8, 4) is 0 Å². The number of Topliss-reactive ketones (excluding diaryl/α,β-unsaturated/α-hetero) is 5. The molecule has 0 spiro atoms. The smallest absolute Gasteiger partial charge is 0.162 e. The minimum Gasteiger partial charge on any atom is -0.396 e. The first kappa shape index (κ1) is 73.5. The summed E-state index contributed by atoms with van der Waals surface area (Å²) in [5.74, 6) is 8.63. The summed E-state index contributed by atoms with van der Waals surface area (Å²) in [5.41, 5.74) is 15.1. The van der Waals surface area contributed by atoms with E-state index in [0.29, 0.717) is 115 Å². The molecule has 16 rings (SSSR count). The molecule has 0 saturated heterocycles. The Kier molecular flexibility index (Phi) is 19.6. The highest BCUT2D eigenvalue weighted by Crippen LogP contribution is 2.72. The van der Waals surface area contributed by atoms with Crippen LogP contribution in [0.3, 0.4) is 0 Å². The van der Waals surface area contributed by atoms with E-state index < -0.39 is 0 Å². The van der Waals surface area contributed by atoms with E-state index in [9.17, 15) is 34.2 Å². The number of ketones is 5. The number of aliphatic hydroxyl groups is 2. The number of hydrogen-bond acceptors (Lipinski definition) is 7. The van der Waals surface area contributed by atoms with Crippen LogP contribution >= 0.6 is 0 Å². The maximum absolute atomic E-state index is 13.4.